The maximum absolute atomic E-state index is 9.22. The van der Waals surface area contributed by atoms with Crippen molar-refractivity contribution in [1.82, 2.24) is 0 Å². The van der Waals surface area contributed by atoms with Gasteiger partial charge in [0.1, 0.15) is 5.75 Å². The molecule has 0 saturated heterocycles. The summed E-state index contributed by atoms with van der Waals surface area (Å²) in [5.74, 6) is 0.304. The van der Waals surface area contributed by atoms with Crippen LogP contribution in [0.1, 0.15) is 0 Å². The van der Waals surface area contributed by atoms with E-state index in [1.54, 1.807) is 16.7 Å². The second-order valence-electron chi connectivity index (χ2n) is 1.97. The lowest BCUT2D eigenvalue weighted by Gasteiger charge is -1.84. The molecule has 2 aromatic heterocycles. The van der Waals surface area contributed by atoms with Crippen LogP contribution < -0.4 is 5.73 Å². The average Bonchev–Trinajstić information content (AvgIpc) is 2.40. The van der Waals surface area contributed by atoms with Gasteiger partial charge in [0.05, 0.1) is 15.1 Å². The quantitative estimate of drug-likeness (QED) is 0.638. The first-order valence-corrected chi connectivity index (χ1v) is 4.48. The molecule has 0 aliphatic rings. The largest absolute Gasteiger partial charge is 0.506 e. The third-order valence-electron chi connectivity index (χ3n) is 1.32. The molecule has 0 atom stereocenters. The SMILES string of the molecule is Nc1csc2scc(O)c12. The zero-order valence-electron chi connectivity index (χ0n) is 5.00. The van der Waals surface area contributed by atoms with E-state index in [9.17, 15) is 5.11 Å². The molecule has 10 heavy (non-hydrogen) atoms. The molecule has 0 saturated carbocycles. The molecule has 0 radical (unpaired) electrons. The van der Waals surface area contributed by atoms with Crippen molar-refractivity contribution in [3.63, 3.8) is 0 Å². The van der Waals surface area contributed by atoms with Crippen LogP contribution in [0.2, 0.25) is 0 Å². The molecule has 2 nitrogen and oxygen atoms in total. The van der Waals surface area contributed by atoms with Crippen LogP contribution in [0.5, 0.6) is 5.75 Å². The molecular weight excluding hydrogens is 166 g/mol. The number of thiophene rings is 2. The summed E-state index contributed by atoms with van der Waals surface area (Å²) in [4.78, 5) is 0. The van der Waals surface area contributed by atoms with Gasteiger partial charge in [-0.15, -0.1) is 22.7 Å². The standard InChI is InChI=1S/C6H5NOS2/c7-3-1-9-6-5(3)4(8)2-10-6/h1-2,8H,7H2. The molecule has 0 aromatic carbocycles. The molecule has 52 valence electrons. The van der Waals surface area contributed by atoms with Crippen LogP contribution in [-0.4, -0.2) is 5.11 Å². The summed E-state index contributed by atoms with van der Waals surface area (Å²) < 4.78 is 1.09. The van der Waals surface area contributed by atoms with Gasteiger partial charge in [0.2, 0.25) is 0 Å². The lowest BCUT2D eigenvalue weighted by atomic mass is 10.3. The number of hydrogen-bond acceptors (Lipinski definition) is 4. The molecule has 2 heterocycles. The zero-order valence-corrected chi connectivity index (χ0v) is 6.63. The number of aromatic hydroxyl groups is 1. The van der Waals surface area contributed by atoms with Crippen molar-refractivity contribution in [2.45, 2.75) is 0 Å². The van der Waals surface area contributed by atoms with E-state index < -0.39 is 0 Å². The van der Waals surface area contributed by atoms with E-state index in [0.717, 1.165) is 9.40 Å². The Hall–Kier alpha value is -0.740. The van der Waals surface area contributed by atoms with Crippen LogP contribution in [0.25, 0.3) is 9.40 Å². The van der Waals surface area contributed by atoms with Crippen molar-refractivity contribution in [1.29, 1.82) is 0 Å². The van der Waals surface area contributed by atoms with Crippen molar-refractivity contribution in [3.05, 3.63) is 10.8 Å². The fourth-order valence-corrected chi connectivity index (χ4v) is 2.74. The Kier molecular flexibility index (Phi) is 1.12. The second kappa shape index (κ2) is 1.87. The van der Waals surface area contributed by atoms with E-state index in [0.29, 0.717) is 11.4 Å². The maximum Gasteiger partial charge on any atom is 0.137 e. The first-order chi connectivity index (χ1) is 4.79. The van der Waals surface area contributed by atoms with Crippen LogP contribution in [0, 0.1) is 0 Å². The highest BCUT2D eigenvalue weighted by molar-refractivity contribution is 7.37. The van der Waals surface area contributed by atoms with Crippen LogP contribution in [0.4, 0.5) is 5.69 Å². The number of hydrogen-bond donors (Lipinski definition) is 2. The number of fused-ring (bicyclic) bond motifs is 1. The monoisotopic (exact) mass is 171 g/mol. The van der Waals surface area contributed by atoms with Crippen molar-refractivity contribution < 1.29 is 5.11 Å². The minimum atomic E-state index is 0.304. The summed E-state index contributed by atoms with van der Waals surface area (Å²) >= 11 is 3.09. The predicted molar refractivity (Wildman–Crippen MR) is 45.8 cm³/mol. The fraction of sp³-hybridized carbons (Fsp3) is 0. The Labute approximate surface area is 65.5 Å². The van der Waals surface area contributed by atoms with Gasteiger partial charge in [0.25, 0.3) is 0 Å². The van der Waals surface area contributed by atoms with Gasteiger partial charge < -0.3 is 10.8 Å². The third-order valence-corrected chi connectivity index (χ3v) is 3.45. The Morgan fingerprint density at radius 2 is 2.00 bits per heavy atom. The van der Waals surface area contributed by atoms with Gasteiger partial charge in [-0.3, -0.25) is 0 Å². The van der Waals surface area contributed by atoms with Gasteiger partial charge in [0, 0.05) is 10.8 Å². The molecule has 0 bridgehead atoms. The summed E-state index contributed by atoms with van der Waals surface area (Å²) in [6.45, 7) is 0. The topological polar surface area (TPSA) is 46.2 Å². The first kappa shape index (κ1) is 6.00. The fourth-order valence-electron chi connectivity index (χ4n) is 0.860. The van der Waals surface area contributed by atoms with E-state index in [1.807, 2.05) is 5.38 Å². The number of nitrogen functional groups attached to an aromatic ring is 1. The van der Waals surface area contributed by atoms with Crippen LogP contribution >= 0.6 is 22.7 Å². The summed E-state index contributed by atoms with van der Waals surface area (Å²) in [7, 11) is 0. The molecule has 3 N–H and O–H groups in total. The van der Waals surface area contributed by atoms with Gasteiger partial charge in [-0.2, -0.15) is 0 Å². The van der Waals surface area contributed by atoms with Gasteiger partial charge in [-0.25, -0.2) is 0 Å². The maximum atomic E-state index is 9.22. The van der Waals surface area contributed by atoms with Gasteiger partial charge in [-0.05, 0) is 0 Å². The second-order valence-corrected chi connectivity index (χ2v) is 3.99. The molecule has 0 aliphatic heterocycles. The normalized spacial score (nSPS) is 10.8. The minimum absolute atomic E-state index is 0.304. The summed E-state index contributed by atoms with van der Waals surface area (Å²) in [5.41, 5.74) is 6.26. The van der Waals surface area contributed by atoms with E-state index in [-0.39, 0.29) is 0 Å². The number of anilines is 1. The Morgan fingerprint density at radius 1 is 1.30 bits per heavy atom. The highest BCUT2D eigenvalue weighted by Crippen LogP contribution is 2.39. The summed E-state index contributed by atoms with van der Waals surface area (Å²) in [6.07, 6.45) is 0. The van der Waals surface area contributed by atoms with Crippen LogP contribution in [-0.2, 0) is 0 Å². The molecule has 0 aliphatic carbocycles. The molecule has 0 unspecified atom stereocenters. The first-order valence-electron chi connectivity index (χ1n) is 2.72. The molecule has 0 amide bonds. The highest BCUT2D eigenvalue weighted by Gasteiger charge is 2.06. The molecule has 2 rings (SSSR count). The van der Waals surface area contributed by atoms with Crippen LogP contribution in [0.15, 0.2) is 10.8 Å². The molecule has 4 heteroatoms. The van der Waals surface area contributed by atoms with Crippen LogP contribution in [0.3, 0.4) is 0 Å². The summed E-state index contributed by atoms with van der Waals surface area (Å²) in [5, 5.41) is 13.6. The number of rotatable bonds is 0. The van der Waals surface area contributed by atoms with Gasteiger partial charge in [-0.1, -0.05) is 0 Å². The molecule has 2 aromatic rings. The van der Waals surface area contributed by atoms with Gasteiger partial charge in [0.15, 0.2) is 0 Å². The molecule has 0 fully saturated rings. The summed E-state index contributed by atoms with van der Waals surface area (Å²) in [6, 6.07) is 0. The van der Waals surface area contributed by atoms with E-state index in [2.05, 4.69) is 0 Å². The molecule has 0 spiro atoms. The van der Waals surface area contributed by atoms with E-state index in [1.165, 1.54) is 11.3 Å². The number of nitrogens with two attached hydrogens (primary N) is 1. The lowest BCUT2D eigenvalue weighted by Crippen LogP contribution is -1.77. The Bertz CT molecular complexity index is 331. The molecular formula is C6H5NOS2. The lowest BCUT2D eigenvalue weighted by molar-refractivity contribution is 0.484. The van der Waals surface area contributed by atoms with Crippen molar-refractivity contribution >= 4 is 37.8 Å². The van der Waals surface area contributed by atoms with E-state index >= 15 is 0 Å². The Morgan fingerprint density at radius 3 is 2.70 bits per heavy atom. The highest BCUT2D eigenvalue weighted by atomic mass is 32.2. The zero-order chi connectivity index (χ0) is 7.14. The average molecular weight is 171 g/mol. The smallest absolute Gasteiger partial charge is 0.137 e. The Balaban J connectivity index is 2.98. The van der Waals surface area contributed by atoms with Gasteiger partial charge >= 0.3 is 0 Å². The third kappa shape index (κ3) is 0.629. The minimum Gasteiger partial charge on any atom is -0.506 e. The van der Waals surface area contributed by atoms with Crippen molar-refractivity contribution in [3.8, 4) is 5.75 Å². The predicted octanol–water partition coefficient (Wildman–Crippen LogP) is 2.25. The van der Waals surface area contributed by atoms with Crippen molar-refractivity contribution in [2.75, 3.05) is 5.73 Å². The van der Waals surface area contributed by atoms with E-state index in [4.69, 9.17) is 5.73 Å². The van der Waals surface area contributed by atoms with Crippen molar-refractivity contribution in [2.24, 2.45) is 0 Å².